The number of carbonyl (C=O) groups is 2. The highest BCUT2D eigenvalue weighted by Gasteiger charge is 2.29. The molecule has 3 amide bonds. The van der Waals surface area contributed by atoms with Gasteiger partial charge in [-0.1, -0.05) is 0 Å². The molecule has 0 bridgehead atoms. The fourth-order valence-corrected chi connectivity index (χ4v) is 2.09. The van der Waals surface area contributed by atoms with E-state index in [0.29, 0.717) is 6.54 Å². The van der Waals surface area contributed by atoms with E-state index >= 15 is 0 Å². The first kappa shape index (κ1) is 17.7. The largest absolute Gasteiger partial charge is 0.493 e. The summed E-state index contributed by atoms with van der Waals surface area (Å²) in [5, 5.41) is 7.61. The molecule has 1 aliphatic heterocycles. The Balaban J connectivity index is 1.99. The lowest BCUT2D eigenvalue weighted by atomic mass is 10.2. The molecule has 0 spiro atoms. The van der Waals surface area contributed by atoms with Crippen LogP contribution in [0.2, 0.25) is 0 Å². The lowest BCUT2D eigenvalue weighted by molar-refractivity contribution is -0.153. The number of amides is 3. The zero-order valence-corrected chi connectivity index (χ0v) is 12.7. The van der Waals surface area contributed by atoms with E-state index in [1.54, 1.807) is 0 Å². The Labute approximate surface area is 135 Å². The van der Waals surface area contributed by atoms with Crippen LogP contribution in [-0.4, -0.2) is 44.4 Å². The third kappa shape index (κ3) is 5.21. The van der Waals surface area contributed by atoms with Crippen LogP contribution in [0.15, 0.2) is 18.2 Å². The molecule has 0 radical (unpaired) electrons. The third-order valence-corrected chi connectivity index (χ3v) is 3.13. The van der Waals surface area contributed by atoms with Gasteiger partial charge in [0.2, 0.25) is 5.91 Å². The van der Waals surface area contributed by atoms with Crippen molar-refractivity contribution in [2.75, 3.05) is 25.6 Å². The number of methoxy groups -OCH3 is 1. The second kappa shape index (κ2) is 7.28. The van der Waals surface area contributed by atoms with E-state index in [1.165, 1.54) is 25.3 Å². The molecule has 24 heavy (non-hydrogen) atoms. The van der Waals surface area contributed by atoms with Crippen LogP contribution >= 0.6 is 0 Å². The Morgan fingerprint density at radius 1 is 1.38 bits per heavy atom. The molecule has 1 aromatic rings. The van der Waals surface area contributed by atoms with Crippen molar-refractivity contribution in [3.63, 3.8) is 0 Å². The van der Waals surface area contributed by atoms with Crippen molar-refractivity contribution in [1.29, 1.82) is 0 Å². The average molecular weight is 347 g/mol. The van der Waals surface area contributed by atoms with Crippen LogP contribution in [-0.2, 0) is 4.79 Å². The summed E-state index contributed by atoms with van der Waals surface area (Å²) in [5.74, 6) is -0.200. The van der Waals surface area contributed by atoms with E-state index in [-0.39, 0.29) is 35.6 Å². The van der Waals surface area contributed by atoms with Crippen molar-refractivity contribution in [2.24, 2.45) is 0 Å². The second-order valence-corrected chi connectivity index (χ2v) is 5.07. The summed E-state index contributed by atoms with van der Waals surface area (Å²) < 4.78 is 46.4. The number of alkyl halides is 3. The summed E-state index contributed by atoms with van der Waals surface area (Å²) in [4.78, 5) is 22.9. The molecule has 2 rings (SSSR count). The molecule has 7 nitrogen and oxygen atoms in total. The number of hydrogen-bond donors (Lipinski definition) is 3. The monoisotopic (exact) mass is 347 g/mol. The number of anilines is 1. The van der Waals surface area contributed by atoms with Crippen molar-refractivity contribution in [2.45, 2.75) is 18.6 Å². The van der Waals surface area contributed by atoms with Crippen LogP contribution < -0.4 is 25.4 Å². The van der Waals surface area contributed by atoms with Gasteiger partial charge in [0.25, 0.3) is 0 Å². The number of benzene rings is 1. The van der Waals surface area contributed by atoms with E-state index in [0.717, 1.165) is 0 Å². The molecular formula is C14H16F3N3O4. The van der Waals surface area contributed by atoms with Crippen LogP contribution in [0.3, 0.4) is 0 Å². The predicted octanol–water partition coefficient (Wildman–Crippen LogP) is 1.65. The number of ether oxygens (including phenoxy) is 2. The third-order valence-electron chi connectivity index (χ3n) is 3.13. The molecule has 0 unspecified atom stereocenters. The predicted molar refractivity (Wildman–Crippen MR) is 78.1 cm³/mol. The van der Waals surface area contributed by atoms with Gasteiger partial charge in [-0.15, -0.1) is 0 Å². The molecule has 1 saturated heterocycles. The first-order valence-electron chi connectivity index (χ1n) is 6.98. The average Bonchev–Trinajstić information content (AvgIpc) is 2.89. The fraction of sp³-hybridized carbons (Fsp3) is 0.429. The quantitative estimate of drug-likeness (QED) is 0.756. The van der Waals surface area contributed by atoms with Gasteiger partial charge in [0.15, 0.2) is 18.1 Å². The topological polar surface area (TPSA) is 88.7 Å². The van der Waals surface area contributed by atoms with Gasteiger partial charge in [-0.2, -0.15) is 13.2 Å². The Hall–Kier alpha value is -2.65. The van der Waals surface area contributed by atoms with Gasteiger partial charge in [-0.3, -0.25) is 4.79 Å². The normalized spacial score (nSPS) is 17.2. The molecule has 1 atom stereocenters. The van der Waals surface area contributed by atoms with Gasteiger partial charge >= 0.3 is 12.2 Å². The summed E-state index contributed by atoms with van der Waals surface area (Å²) in [6.45, 7) is -1.15. The maximum absolute atomic E-state index is 12.3. The van der Waals surface area contributed by atoms with Gasteiger partial charge < -0.3 is 25.4 Å². The molecule has 0 saturated carbocycles. The highest BCUT2D eigenvalue weighted by Crippen LogP contribution is 2.31. The summed E-state index contributed by atoms with van der Waals surface area (Å²) in [6.07, 6.45) is -4.32. The Morgan fingerprint density at radius 3 is 2.71 bits per heavy atom. The standard InChI is InChI=1S/C14H16F3N3O4/c1-23-10-3-2-8(4-11(10)24-7-14(15,16)17)19-13(22)20-9-5-12(21)18-6-9/h2-4,9H,5-7H2,1H3,(H,18,21)(H2,19,20,22)/t9-/m1/s1. The number of nitrogens with one attached hydrogen (secondary N) is 3. The Kier molecular flexibility index (Phi) is 5.37. The smallest absolute Gasteiger partial charge is 0.422 e. The van der Waals surface area contributed by atoms with Crippen molar-refractivity contribution < 1.29 is 32.2 Å². The zero-order valence-electron chi connectivity index (χ0n) is 12.7. The Morgan fingerprint density at radius 2 is 2.12 bits per heavy atom. The molecule has 0 aromatic heterocycles. The van der Waals surface area contributed by atoms with Crippen molar-refractivity contribution in [3.8, 4) is 11.5 Å². The van der Waals surface area contributed by atoms with Crippen molar-refractivity contribution >= 4 is 17.6 Å². The Bertz CT molecular complexity index is 622. The highest BCUT2D eigenvalue weighted by molar-refractivity contribution is 5.90. The molecule has 10 heteroatoms. The summed E-state index contributed by atoms with van der Waals surface area (Å²) >= 11 is 0. The van der Waals surface area contributed by atoms with Crippen LogP contribution in [0.5, 0.6) is 11.5 Å². The lowest BCUT2D eigenvalue weighted by Gasteiger charge is -2.15. The molecule has 3 N–H and O–H groups in total. The van der Waals surface area contributed by atoms with Crippen LogP contribution in [0.25, 0.3) is 0 Å². The second-order valence-electron chi connectivity index (χ2n) is 5.07. The van der Waals surface area contributed by atoms with Crippen LogP contribution in [0.1, 0.15) is 6.42 Å². The SMILES string of the molecule is COc1ccc(NC(=O)N[C@H]2CNC(=O)C2)cc1OCC(F)(F)F. The van der Waals surface area contributed by atoms with Crippen molar-refractivity contribution in [3.05, 3.63) is 18.2 Å². The summed E-state index contributed by atoms with van der Waals surface area (Å²) in [7, 11) is 1.29. The summed E-state index contributed by atoms with van der Waals surface area (Å²) in [6, 6.07) is 3.14. The fourth-order valence-electron chi connectivity index (χ4n) is 2.09. The van der Waals surface area contributed by atoms with Gasteiger partial charge in [-0.05, 0) is 12.1 Å². The molecule has 1 heterocycles. The van der Waals surface area contributed by atoms with Gasteiger partial charge in [-0.25, -0.2) is 4.79 Å². The minimum absolute atomic E-state index is 0.107. The van der Waals surface area contributed by atoms with E-state index in [2.05, 4.69) is 20.7 Å². The zero-order chi connectivity index (χ0) is 17.7. The van der Waals surface area contributed by atoms with E-state index in [4.69, 9.17) is 4.74 Å². The molecule has 0 aliphatic carbocycles. The lowest BCUT2D eigenvalue weighted by Crippen LogP contribution is -2.39. The minimum Gasteiger partial charge on any atom is -0.493 e. The molecule has 1 aromatic carbocycles. The number of carbonyl (C=O) groups excluding carboxylic acids is 2. The number of urea groups is 1. The first-order valence-corrected chi connectivity index (χ1v) is 6.98. The molecule has 1 fully saturated rings. The molecule has 132 valence electrons. The van der Waals surface area contributed by atoms with Crippen LogP contribution in [0, 0.1) is 0 Å². The van der Waals surface area contributed by atoms with Crippen LogP contribution in [0.4, 0.5) is 23.7 Å². The molecular weight excluding hydrogens is 331 g/mol. The van der Waals surface area contributed by atoms with E-state index in [9.17, 15) is 22.8 Å². The number of halogens is 3. The van der Waals surface area contributed by atoms with Gasteiger partial charge in [0.1, 0.15) is 0 Å². The minimum atomic E-state index is -4.49. The van der Waals surface area contributed by atoms with Gasteiger partial charge in [0.05, 0.1) is 13.2 Å². The van der Waals surface area contributed by atoms with E-state index in [1.807, 2.05) is 0 Å². The first-order chi connectivity index (χ1) is 11.3. The number of hydrogen-bond acceptors (Lipinski definition) is 4. The van der Waals surface area contributed by atoms with Crippen molar-refractivity contribution in [1.82, 2.24) is 10.6 Å². The van der Waals surface area contributed by atoms with Gasteiger partial charge in [0, 0.05) is 24.7 Å². The molecule has 1 aliphatic rings. The maximum Gasteiger partial charge on any atom is 0.422 e. The highest BCUT2D eigenvalue weighted by atomic mass is 19.4. The summed E-state index contributed by atoms with van der Waals surface area (Å²) in [5.41, 5.74) is 0.225. The maximum atomic E-state index is 12.3. The number of rotatable bonds is 5. The van der Waals surface area contributed by atoms with E-state index < -0.39 is 18.8 Å².